The van der Waals surface area contributed by atoms with E-state index in [0.29, 0.717) is 0 Å². The Labute approximate surface area is 156 Å². The number of benzene rings is 2. The van der Waals surface area contributed by atoms with Gasteiger partial charge in [-0.25, -0.2) is 0 Å². The number of carbonyl (C=O) groups is 1. The smallest absolute Gasteiger partial charge is 0.387 e. The van der Waals surface area contributed by atoms with E-state index < -0.39 is 6.61 Å². The van der Waals surface area contributed by atoms with E-state index in [9.17, 15) is 13.6 Å². The molecule has 0 spiro atoms. The van der Waals surface area contributed by atoms with Crippen LogP contribution >= 0.6 is 12.4 Å². The average molecular weight is 384 g/mol. The molecule has 0 saturated heterocycles. The molecule has 1 aliphatic rings. The molecule has 3 rings (SSSR count). The number of amides is 1. The summed E-state index contributed by atoms with van der Waals surface area (Å²) in [6.45, 7) is -2.10. The van der Waals surface area contributed by atoms with Crippen molar-refractivity contribution in [3.63, 3.8) is 0 Å². The summed E-state index contributed by atoms with van der Waals surface area (Å²) >= 11 is 0. The lowest BCUT2D eigenvalue weighted by Crippen LogP contribution is -2.37. The first kappa shape index (κ1) is 19.8. The van der Waals surface area contributed by atoms with E-state index >= 15 is 0 Å². The topological polar surface area (TPSA) is 67.6 Å². The van der Waals surface area contributed by atoms with Gasteiger partial charge in [0.25, 0.3) is 0 Å². The Morgan fingerprint density at radius 2 is 2.00 bits per heavy atom. The summed E-state index contributed by atoms with van der Waals surface area (Å²) in [6.07, 6.45) is 1.78. The number of halogens is 3. The largest absolute Gasteiger partial charge is 0.433 e. The molecular formula is C18H20ClF2N3O2. The number of hydrogen-bond donors (Lipinski definition) is 2. The van der Waals surface area contributed by atoms with Crippen molar-refractivity contribution in [3.8, 4) is 5.75 Å². The van der Waals surface area contributed by atoms with Crippen LogP contribution < -0.4 is 20.7 Å². The summed E-state index contributed by atoms with van der Waals surface area (Å²) in [5.41, 5.74) is 8.94. The van der Waals surface area contributed by atoms with Crippen molar-refractivity contribution >= 4 is 35.4 Å². The number of para-hydroxylation sites is 2. The van der Waals surface area contributed by atoms with Gasteiger partial charge in [-0.15, -0.1) is 12.4 Å². The minimum absolute atomic E-state index is 0. The predicted octanol–water partition coefficient (Wildman–Crippen LogP) is 3.68. The molecule has 26 heavy (non-hydrogen) atoms. The second kappa shape index (κ2) is 8.71. The Bertz CT molecular complexity index is 774. The molecule has 2 aromatic rings. The molecule has 0 aromatic heterocycles. The minimum Gasteiger partial charge on any atom is -0.433 e. The molecule has 0 saturated carbocycles. The van der Waals surface area contributed by atoms with Crippen molar-refractivity contribution < 1.29 is 18.3 Å². The molecule has 0 bridgehead atoms. The van der Waals surface area contributed by atoms with Crippen LogP contribution in [0.5, 0.6) is 5.75 Å². The number of nitrogens with one attached hydrogen (secondary N) is 1. The lowest BCUT2D eigenvalue weighted by molar-refractivity contribution is -0.115. The van der Waals surface area contributed by atoms with Gasteiger partial charge in [-0.05, 0) is 42.7 Å². The zero-order valence-electron chi connectivity index (χ0n) is 14.0. The summed E-state index contributed by atoms with van der Waals surface area (Å²) < 4.78 is 29.3. The van der Waals surface area contributed by atoms with Crippen LogP contribution in [0.15, 0.2) is 42.5 Å². The maximum atomic E-state index is 12.5. The fraction of sp³-hybridized carbons (Fsp3) is 0.278. The van der Waals surface area contributed by atoms with Gasteiger partial charge in [-0.3, -0.25) is 4.79 Å². The van der Waals surface area contributed by atoms with Gasteiger partial charge in [0.2, 0.25) is 5.91 Å². The average Bonchev–Trinajstić information content (AvgIpc) is 2.57. The summed E-state index contributed by atoms with van der Waals surface area (Å²) in [6, 6.07) is 11.8. The summed E-state index contributed by atoms with van der Waals surface area (Å²) in [5.74, 6) is -0.366. The number of nitrogens with zero attached hydrogens (tertiary/aromatic N) is 1. The zero-order valence-corrected chi connectivity index (χ0v) is 14.8. The molecule has 0 aliphatic carbocycles. The first-order chi connectivity index (χ1) is 12.0. The van der Waals surface area contributed by atoms with Gasteiger partial charge in [0.1, 0.15) is 5.75 Å². The van der Waals surface area contributed by atoms with Gasteiger partial charge < -0.3 is 20.7 Å². The molecule has 0 radical (unpaired) electrons. The summed E-state index contributed by atoms with van der Waals surface area (Å²) in [5, 5.41) is 2.64. The highest BCUT2D eigenvalue weighted by atomic mass is 35.5. The Morgan fingerprint density at radius 3 is 2.77 bits per heavy atom. The Hall–Kier alpha value is -2.54. The minimum atomic E-state index is -2.95. The highest BCUT2D eigenvalue weighted by Crippen LogP contribution is 2.31. The third-order valence-corrected chi connectivity index (χ3v) is 4.09. The van der Waals surface area contributed by atoms with Gasteiger partial charge in [0.15, 0.2) is 0 Å². The lowest BCUT2D eigenvalue weighted by Gasteiger charge is -2.31. The molecule has 1 amide bonds. The van der Waals surface area contributed by atoms with Crippen molar-refractivity contribution in [2.75, 3.05) is 29.0 Å². The van der Waals surface area contributed by atoms with E-state index in [1.807, 2.05) is 23.1 Å². The van der Waals surface area contributed by atoms with E-state index in [-0.39, 0.29) is 36.3 Å². The monoisotopic (exact) mass is 383 g/mol. The number of rotatable bonds is 5. The summed E-state index contributed by atoms with van der Waals surface area (Å²) in [4.78, 5) is 14.3. The molecule has 2 aromatic carbocycles. The van der Waals surface area contributed by atoms with Crippen LogP contribution in [-0.2, 0) is 11.2 Å². The Morgan fingerprint density at radius 1 is 1.23 bits per heavy atom. The van der Waals surface area contributed by atoms with Crippen LogP contribution in [0.4, 0.5) is 25.8 Å². The van der Waals surface area contributed by atoms with Crippen molar-refractivity contribution in [2.45, 2.75) is 19.5 Å². The van der Waals surface area contributed by atoms with E-state index in [0.717, 1.165) is 36.3 Å². The number of carbonyl (C=O) groups excluding carboxylic acids is 1. The maximum absolute atomic E-state index is 12.5. The molecule has 8 heteroatoms. The van der Waals surface area contributed by atoms with Crippen LogP contribution in [0.1, 0.15) is 12.0 Å². The first-order valence-corrected chi connectivity index (χ1v) is 8.00. The second-order valence-electron chi connectivity index (χ2n) is 5.79. The van der Waals surface area contributed by atoms with Gasteiger partial charge in [0.05, 0.1) is 12.2 Å². The van der Waals surface area contributed by atoms with E-state index in [2.05, 4.69) is 10.1 Å². The van der Waals surface area contributed by atoms with Crippen molar-refractivity contribution in [2.24, 2.45) is 0 Å². The standard InChI is InChI=1S/C18H19F2N3O2.ClH/c19-18(20)25-16-9-2-1-7-14(16)22-17(24)11-23-10-4-5-12-13(21)6-3-8-15(12)23;/h1-3,6-9,18H,4-5,10-11,21H2,(H,22,24);1H. The zero-order chi connectivity index (χ0) is 17.8. The van der Waals surface area contributed by atoms with Gasteiger partial charge in [-0.2, -0.15) is 8.78 Å². The number of fused-ring (bicyclic) bond motifs is 1. The normalized spacial score (nSPS) is 13.0. The SMILES string of the molecule is Cl.Nc1cccc2c1CCCN2CC(=O)Nc1ccccc1OC(F)F. The van der Waals surface area contributed by atoms with Crippen LogP contribution in [0.25, 0.3) is 0 Å². The maximum Gasteiger partial charge on any atom is 0.387 e. The number of alkyl halides is 2. The van der Waals surface area contributed by atoms with Crippen molar-refractivity contribution in [3.05, 3.63) is 48.0 Å². The molecule has 5 nitrogen and oxygen atoms in total. The number of hydrogen-bond acceptors (Lipinski definition) is 4. The Balaban J connectivity index is 0.00000243. The van der Waals surface area contributed by atoms with Crippen LogP contribution in [0.3, 0.4) is 0 Å². The molecule has 0 fully saturated rings. The highest BCUT2D eigenvalue weighted by Gasteiger charge is 2.21. The number of nitrogen functional groups attached to an aromatic ring is 1. The molecule has 1 heterocycles. The van der Waals surface area contributed by atoms with Crippen molar-refractivity contribution in [1.29, 1.82) is 0 Å². The fourth-order valence-electron chi connectivity index (χ4n) is 3.02. The van der Waals surface area contributed by atoms with Gasteiger partial charge >= 0.3 is 6.61 Å². The number of ether oxygens (including phenoxy) is 1. The number of anilines is 3. The third kappa shape index (κ3) is 4.54. The quantitative estimate of drug-likeness (QED) is 0.773. The fourth-order valence-corrected chi connectivity index (χ4v) is 3.02. The molecule has 0 atom stereocenters. The first-order valence-electron chi connectivity index (χ1n) is 8.00. The van der Waals surface area contributed by atoms with Gasteiger partial charge in [0, 0.05) is 17.9 Å². The van der Waals surface area contributed by atoms with E-state index in [1.54, 1.807) is 12.1 Å². The Kier molecular flexibility index (Phi) is 6.63. The second-order valence-corrected chi connectivity index (χ2v) is 5.79. The predicted molar refractivity (Wildman–Crippen MR) is 100 cm³/mol. The number of nitrogens with two attached hydrogens (primary N) is 1. The van der Waals surface area contributed by atoms with E-state index in [1.165, 1.54) is 12.1 Å². The van der Waals surface area contributed by atoms with Crippen molar-refractivity contribution in [1.82, 2.24) is 0 Å². The van der Waals surface area contributed by atoms with Crippen LogP contribution in [0, 0.1) is 0 Å². The van der Waals surface area contributed by atoms with Gasteiger partial charge in [-0.1, -0.05) is 18.2 Å². The molecular weight excluding hydrogens is 364 g/mol. The molecule has 0 unspecified atom stereocenters. The van der Waals surface area contributed by atoms with E-state index in [4.69, 9.17) is 5.73 Å². The highest BCUT2D eigenvalue weighted by molar-refractivity contribution is 5.95. The summed E-state index contributed by atoms with van der Waals surface area (Å²) in [7, 11) is 0. The lowest BCUT2D eigenvalue weighted by atomic mass is 10.00. The third-order valence-electron chi connectivity index (χ3n) is 4.09. The molecule has 3 N–H and O–H groups in total. The van der Waals surface area contributed by atoms with Crippen LogP contribution in [-0.4, -0.2) is 25.6 Å². The molecule has 140 valence electrons. The molecule has 1 aliphatic heterocycles. The van der Waals surface area contributed by atoms with Crippen LogP contribution in [0.2, 0.25) is 0 Å².